The van der Waals surface area contributed by atoms with E-state index in [1.807, 2.05) is 42.7 Å². The van der Waals surface area contributed by atoms with Gasteiger partial charge in [0.05, 0.1) is 18.9 Å². The molecule has 0 aliphatic carbocycles. The monoisotopic (exact) mass is 312 g/mol. The number of piperidine rings is 1. The van der Waals surface area contributed by atoms with Gasteiger partial charge in [0.25, 0.3) is 0 Å². The summed E-state index contributed by atoms with van der Waals surface area (Å²) < 4.78 is 2.12. The van der Waals surface area contributed by atoms with Gasteiger partial charge in [0.1, 0.15) is 0 Å². The molecule has 0 saturated carbocycles. The molecule has 5 nitrogen and oxygen atoms in total. The minimum atomic E-state index is 0.216. The van der Waals surface area contributed by atoms with Crippen molar-refractivity contribution < 1.29 is 4.79 Å². The molecule has 1 atom stereocenters. The Kier molecular flexibility index (Phi) is 5.08. The van der Waals surface area contributed by atoms with E-state index in [9.17, 15) is 4.79 Å². The first-order valence-corrected chi connectivity index (χ1v) is 8.20. The van der Waals surface area contributed by atoms with Crippen LogP contribution in [-0.2, 0) is 11.3 Å². The van der Waals surface area contributed by atoms with Gasteiger partial charge in [0.2, 0.25) is 5.91 Å². The van der Waals surface area contributed by atoms with Gasteiger partial charge in [0.15, 0.2) is 0 Å². The van der Waals surface area contributed by atoms with Gasteiger partial charge in [-0.15, -0.1) is 0 Å². The summed E-state index contributed by atoms with van der Waals surface area (Å²) in [7, 11) is 2.00. The van der Waals surface area contributed by atoms with Crippen LogP contribution in [0.1, 0.15) is 24.4 Å². The SMILES string of the molecule is CN(CC(=O)N1CCC[C@@H](n2ccnc2)C1)Cc1ccccc1. The number of hydrogen-bond acceptors (Lipinski definition) is 3. The van der Waals surface area contributed by atoms with Crippen LogP contribution in [0.5, 0.6) is 0 Å². The Morgan fingerprint density at radius 2 is 2.17 bits per heavy atom. The number of benzene rings is 1. The van der Waals surface area contributed by atoms with Gasteiger partial charge >= 0.3 is 0 Å². The molecule has 1 aromatic carbocycles. The fraction of sp³-hybridized carbons (Fsp3) is 0.444. The van der Waals surface area contributed by atoms with Gasteiger partial charge in [-0.05, 0) is 25.5 Å². The Morgan fingerprint density at radius 1 is 1.35 bits per heavy atom. The third-order valence-corrected chi connectivity index (χ3v) is 4.40. The summed E-state index contributed by atoms with van der Waals surface area (Å²) in [6.45, 7) is 2.91. The molecule has 0 N–H and O–H groups in total. The number of likely N-dealkylation sites (tertiary alicyclic amines) is 1. The zero-order valence-electron chi connectivity index (χ0n) is 13.6. The van der Waals surface area contributed by atoms with E-state index in [1.54, 1.807) is 6.20 Å². The van der Waals surface area contributed by atoms with E-state index < -0.39 is 0 Å². The largest absolute Gasteiger partial charge is 0.340 e. The topological polar surface area (TPSA) is 41.4 Å². The van der Waals surface area contributed by atoms with Crippen LogP contribution in [0.2, 0.25) is 0 Å². The Balaban J connectivity index is 1.53. The highest BCUT2D eigenvalue weighted by molar-refractivity contribution is 5.78. The van der Waals surface area contributed by atoms with Crippen LogP contribution in [0.15, 0.2) is 49.1 Å². The van der Waals surface area contributed by atoms with E-state index in [2.05, 4.69) is 26.6 Å². The number of aromatic nitrogens is 2. The first kappa shape index (κ1) is 15.7. The third kappa shape index (κ3) is 4.20. The van der Waals surface area contributed by atoms with E-state index in [-0.39, 0.29) is 5.91 Å². The first-order valence-electron chi connectivity index (χ1n) is 8.20. The van der Waals surface area contributed by atoms with Crippen LogP contribution in [0, 0.1) is 0 Å². The molecule has 1 aromatic heterocycles. The number of rotatable bonds is 5. The molecule has 2 aromatic rings. The number of hydrogen-bond donors (Lipinski definition) is 0. The van der Waals surface area contributed by atoms with Crippen molar-refractivity contribution >= 4 is 5.91 Å². The van der Waals surface area contributed by atoms with Crippen molar-refractivity contribution in [1.82, 2.24) is 19.4 Å². The zero-order valence-corrected chi connectivity index (χ0v) is 13.6. The molecule has 23 heavy (non-hydrogen) atoms. The number of carbonyl (C=O) groups excluding carboxylic acids is 1. The van der Waals surface area contributed by atoms with Crippen molar-refractivity contribution in [1.29, 1.82) is 0 Å². The molecule has 0 bridgehead atoms. The Hall–Kier alpha value is -2.14. The number of carbonyl (C=O) groups is 1. The van der Waals surface area contributed by atoms with Crippen molar-refractivity contribution in [3.8, 4) is 0 Å². The van der Waals surface area contributed by atoms with E-state index >= 15 is 0 Å². The Bertz CT molecular complexity index is 611. The van der Waals surface area contributed by atoms with Crippen LogP contribution >= 0.6 is 0 Å². The maximum atomic E-state index is 12.6. The summed E-state index contributed by atoms with van der Waals surface area (Å²) in [5.74, 6) is 0.216. The molecule has 3 rings (SSSR count). The van der Waals surface area contributed by atoms with Gasteiger partial charge in [-0.2, -0.15) is 0 Å². The maximum absolute atomic E-state index is 12.6. The van der Waals surface area contributed by atoms with Crippen molar-refractivity contribution in [2.24, 2.45) is 0 Å². The number of likely N-dealkylation sites (N-methyl/N-ethyl adjacent to an activating group) is 1. The van der Waals surface area contributed by atoms with Crippen LogP contribution in [0.25, 0.3) is 0 Å². The molecular weight excluding hydrogens is 288 g/mol. The van der Waals surface area contributed by atoms with Crippen molar-refractivity contribution in [2.45, 2.75) is 25.4 Å². The second kappa shape index (κ2) is 7.42. The zero-order chi connectivity index (χ0) is 16.1. The third-order valence-electron chi connectivity index (χ3n) is 4.40. The molecule has 5 heteroatoms. The van der Waals surface area contributed by atoms with Gasteiger partial charge in [0, 0.05) is 32.0 Å². The van der Waals surface area contributed by atoms with E-state index in [1.165, 1.54) is 5.56 Å². The summed E-state index contributed by atoms with van der Waals surface area (Å²) in [4.78, 5) is 20.8. The van der Waals surface area contributed by atoms with Crippen molar-refractivity contribution in [3.05, 3.63) is 54.6 Å². The minimum Gasteiger partial charge on any atom is -0.340 e. The fourth-order valence-corrected chi connectivity index (χ4v) is 3.19. The summed E-state index contributed by atoms with van der Waals surface area (Å²) in [5.41, 5.74) is 1.23. The maximum Gasteiger partial charge on any atom is 0.236 e. The van der Waals surface area contributed by atoms with Crippen molar-refractivity contribution in [3.63, 3.8) is 0 Å². The Morgan fingerprint density at radius 3 is 2.91 bits per heavy atom. The minimum absolute atomic E-state index is 0.216. The summed E-state index contributed by atoms with van der Waals surface area (Å²) in [6.07, 6.45) is 7.80. The highest BCUT2D eigenvalue weighted by Crippen LogP contribution is 2.21. The second-order valence-corrected chi connectivity index (χ2v) is 6.30. The molecule has 1 saturated heterocycles. The lowest BCUT2D eigenvalue weighted by molar-refractivity contribution is -0.133. The molecule has 2 heterocycles. The van der Waals surface area contributed by atoms with E-state index in [0.29, 0.717) is 12.6 Å². The molecule has 122 valence electrons. The van der Waals surface area contributed by atoms with Crippen LogP contribution in [-0.4, -0.2) is 51.9 Å². The van der Waals surface area contributed by atoms with Crippen molar-refractivity contribution in [2.75, 3.05) is 26.7 Å². The smallest absolute Gasteiger partial charge is 0.236 e. The molecule has 1 amide bonds. The average molecular weight is 312 g/mol. The lowest BCUT2D eigenvalue weighted by Crippen LogP contribution is -2.44. The molecule has 1 aliphatic rings. The fourth-order valence-electron chi connectivity index (χ4n) is 3.19. The summed E-state index contributed by atoms with van der Waals surface area (Å²) in [5, 5.41) is 0. The number of amides is 1. The van der Waals surface area contributed by atoms with Gasteiger partial charge in [-0.3, -0.25) is 9.69 Å². The second-order valence-electron chi connectivity index (χ2n) is 6.30. The van der Waals surface area contributed by atoms with Crippen LogP contribution in [0.3, 0.4) is 0 Å². The molecule has 0 unspecified atom stereocenters. The summed E-state index contributed by atoms with van der Waals surface area (Å²) in [6, 6.07) is 10.6. The van der Waals surface area contributed by atoms with E-state index in [0.717, 1.165) is 32.5 Å². The predicted molar refractivity (Wildman–Crippen MR) is 89.9 cm³/mol. The lowest BCUT2D eigenvalue weighted by Gasteiger charge is -2.34. The molecule has 0 spiro atoms. The predicted octanol–water partition coefficient (Wildman–Crippen LogP) is 2.18. The molecule has 1 fully saturated rings. The number of nitrogens with zero attached hydrogens (tertiary/aromatic N) is 4. The van der Waals surface area contributed by atoms with E-state index in [4.69, 9.17) is 0 Å². The van der Waals surface area contributed by atoms with Gasteiger partial charge in [-0.25, -0.2) is 4.98 Å². The highest BCUT2D eigenvalue weighted by Gasteiger charge is 2.24. The standard InChI is InChI=1S/C18H24N4O/c1-20(12-16-6-3-2-4-7-16)14-18(23)21-10-5-8-17(13-21)22-11-9-19-15-22/h2-4,6-7,9,11,15,17H,5,8,10,12-14H2,1H3/t17-/m1/s1. The van der Waals surface area contributed by atoms with Gasteiger partial charge in [-0.1, -0.05) is 30.3 Å². The average Bonchev–Trinajstić information content (AvgIpc) is 3.10. The number of imidazole rings is 1. The Labute approximate surface area is 137 Å². The van der Waals surface area contributed by atoms with Gasteiger partial charge < -0.3 is 9.47 Å². The van der Waals surface area contributed by atoms with Crippen LogP contribution < -0.4 is 0 Å². The molecular formula is C18H24N4O. The normalized spacial score (nSPS) is 18.3. The molecule has 0 radical (unpaired) electrons. The van der Waals surface area contributed by atoms with Crippen LogP contribution in [0.4, 0.5) is 0 Å². The quantitative estimate of drug-likeness (QED) is 0.850. The molecule has 1 aliphatic heterocycles. The first-order chi connectivity index (χ1) is 11.2. The highest BCUT2D eigenvalue weighted by atomic mass is 16.2. The summed E-state index contributed by atoms with van der Waals surface area (Å²) >= 11 is 0. The lowest BCUT2D eigenvalue weighted by atomic mass is 10.1.